The van der Waals surface area contributed by atoms with E-state index in [1.54, 1.807) is 47.4 Å². The van der Waals surface area contributed by atoms with E-state index in [1.807, 2.05) is 0 Å². The van der Waals surface area contributed by atoms with Crippen LogP contribution >= 0.6 is 23.2 Å². The molecule has 1 saturated heterocycles. The van der Waals surface area contributed by atoms with Crippen LogP contribution in [0.25, 0.3) is 11.3 Å². The molecule has 4 aliphatic rings. The molecule has 0 radical (unpaired) electrons. The SMILES string of the molecule is O=C(CS(=O)(=O)C1CCCC1)c1ccc(N2C(=O)[C@@H]3C[C@H]2C[C@H]3OCc2c(-c3c(Cl)cccc3Cl)noc2C2CC2)cc1. The molecule has 2 heterocycles. The maximum Gasteiger partial charge on any atom is 0.233 e. The number of nitrogens with zero attached hydrogens (tertiary/aromatic N) is 2. The number of ether oxygens (including phenoxy) is 1. The molecule has 11 heteroatoms. The van der Waals surface area contributed by atoms with Gasteiger partial charge in [0.25, 0.3) is 0 Å². The summed E-state index contributed by atoms with van der Waals surface area (Å²) in [7, 11) is -3.45. The number of Topliss-reactive ketones (excluding diaryl/α,β-unsaturated/α-hetero) is 1. The summed E-state index contributed by atoms with van der Waals surface area (Å²) < 4.78 is 37.5. The molecule has 4 fully saturated rings. The minimum absolute atomic E-state index is 0.00811. The van der Waals surface area contributed by atoms with Crippen LogP contribution in [0.4, 0.5) is 5.69 Å². The minimum Gasteiger partial charge on any atom is -0.372 e. The Bertz CT molecular complexity index is 1660. The van der Waals surface area contributed by atoms with Gasteiger partial charge in [-0.15, -0.1) is 0 Å². The molecule has 0 unspecified atom stereocenters. The third-order valence-electron chi connectivity index (χ3n) is 9.42. The number of hydrogen-bond acceptors (Lipinski definition) is 7. The topological polar surface area (TPSA) is 107 Å². The number of fused-ring (bicyclic) bond motifs is 2. The molecule has 2 bridgehead atoms. The Morgan fingerprint density at radius 2 is 1.70 bits per heavy atom. The third kappa shape index (κ3) is 5.43. The van der Waals surface area contributed by atoms with Crippen LogP contribution in [-0.2, 0) is 26.0 Å². The van der Waals surface area contributed by atoms with Gasteiger partial charge in [-0.1, -0.05) is 47.3 Å². The Balaban J connectivity index is 1.02. The molecule has 226 valence electrons. The fraction of sp³-hybridized carbons (Fsp3) is 0.469. The van der Waals surface area contributed by atoms with Crippen LogP contribution in [0.2, 0.25) is 10.0 Å². The average Bonchev–Trinajstić information content (AvgIpc) is 3.34. The van der Waals surface area contributed by atoms with Crippen LogP contribution in [0.5, 0.6) is 0 Å². The van der Waals surface area contributed by atoms with E-state index in [-0.39, 0.29) is 30.6 Å². The second-order valence-electron chi connectivity index (χ2n) is 12.2. The van der Waals surface area contributed by atoms with Crippen molar-refractivity contribution < 1.29 is 27.3 Å². The first-order chi connectivity index (χ1) is 20.7. The molecule has 3 aromatic rings. The molecule has 43 heavy (non-hydrogen) atoms. The number of ketones is 1. The van der Waals surface area contributed by atoms with Crippen molar-refractivity contribution in [3.63, 3.8) is 0 Å². The molecule has 0 N–H and O–H groups in total. The second-order valence-corrected chi connectivity index (χ2v) is 15.3. The van der Waals surface area contributed by atoms with Crippen molar-refractivity contribution in [1.82, 2.24) is 5.16 Å². The molecule has 8 nitrogen and oxygen atoms in total. The van der Waals surface area contributed by atoms with Crippen molar-refractivity contribution >= 4 is 50.4 Å². The number of anilines is 1. The van der Waals surface area contributed by atoms with Gasteiger partial charge >= 0.3 is 0 Å². The van der Waals surface area contributed by atoms with Gasteiger partial charge in [0.2, 0.25) is 5.91 Å². The van der Waals surface area contributed by atoms with Crippen LogP contribution < -0.4 is 4.90 Å². The van der Waals surface area contributed by atoms with E-state index in [9.17, 15) is 18.0 Å². The van der Waals surface area contributed by atoms with Crippen LogP contribution in [0.3, 0.4) is 0 Å². The zero-order valence-electron chi connectivity index (χ0n) is 23.5. The van der Waals surface area contributed by atoms with Crippen molar-refractivity contribution in [2.75, 3.05) is 10.7 Å². The largest absolute Gasteiger partial charge is 0.372 e. The third-order valence-corrected chi connectivity index (χ3v) is 12.2. The quantitative estimate of drug-likeness (QED) is 0.224. The van der Waals surface area contributed by atoms with Gasteiger partial charge in [-0.3, -0.25) is 9.59 Å². The van der Waals surface area contributed by atoms with Gasteiger partial charge in [-0.2, -0.15) is 0 Å². The summed E-state index contributed by atoms with van der Waals surface area (Å²) >= 11 is 13.0. The number of benzene rings is 2. The highest BCUT2D eigenvalue weighted by atomic mass is 35.5. The lowest BCUT2D eigenvalue weighted by Gasteiger charge is -2.31. The van der Waals surface area contributed by atoms with Crippen LogP contribution in [0.1, 0.15) is 79.0 Å². The summed E-state index contributed by atoms with van der Waals surface area (Å²) in [6.45, 7) is 0.244. The first kappa shape index (κ1) is 29.0. The number of amides is 1. The zero-order chi connectivity index (χ0) is 29.9. The molecule has 1 amide bonds. The van der Waals surface area contributed by atoms with Crippen molar-refractivity contribution in [3.05, 3.63) is 69.4 Å². The molecule has 0 spiro atoms. The lowest BCUT2D eigenvalue weighted by molar-refractivity contribution is -0.126. The number of rotatable bonds is 10. The highest BCUT2D eigenvalue weighted by molar-refractivity contribution is 7.92. The number of aromatic nitrogens is 1. The molecule has 7 rings (SSSR count). The summed E-state index contributed by atoms with van der Waals surface area (Å²) in [5.41, 5.74) is 3.09. The van der Waals surface area contributed by atoms with E-state index in [0.29, 0.717) is 64.2 Å². The maximum absolute atomic E-state index is 13.5. The van der Waals surface area contributed by atoms with Crippen molar-refractivity contribution in [1.29, 1.82) is 0 Å². The first-order valence-corrected chi connectivity index (χ1v) is 17.4. The molecule has 3 atom stereocenters. The molecule has 1 aliphatic heterocycles. The summed E-state index contributed by atoms with van der Waals surface area (Å²) in [4.78, 5) is 28.1. The number of hydrogen-bond donors (Lipinski definition) is 0. The van der Waals surface area contributed by atoms with Crippen LogP contribution in [0.15, 0.2) is 47.0 Å². The molecule has 3 saturated carbocycles. The summed E-state index contributed by atoms with van der Waals surface area (Å²) in [6.07, 6.45) is 6.24. The van der Waals surface area contributed by atoms with E-state index in [4.69, 9.17) is 32.5 Å². The van der Waals surface area contributed by atoms with Gasteiger partial charge in [-0.05, 0) is 74.9 Å². The molecular formula is C32H32Cl2N2O6S. The minimum atomic E-state index is -3.45. The molecule has 3 aliphatic carbocycles. The lowest BCUT2D eigenvalue weighted by atomic mass is 10.0. The van der Waals surface area contributed by atoms with Gasteiger partial charge in [0, 0.05) is 34.3 Å². The van der Waals surface area contributed by atoms with E-state index < -0.39 is 26.6 Å². The Hall–Kier alpha value is -2.72. The van der Waals surface area contributed by atoms with Gasteiger partial charge < -0.3 is 14.2 Å². The monoisotopic (exact) mass is 642 g/mol. The van der Waals surface area contributed by atoms with Gasteiger partial charge in [0.05, 0.1) is 33.9 Å². The second kappa shape index (κ2) is 11.3. The lowest BCUT2D eigenvalue weighted by Crippen LogP contribution is -2.43. The Morgan fingerprint density at radius 3 is 2.35 bits per heavy atom. The van der Waals surface area contributed by atoms with Crippen molar-refractivity contribution in [3.8, 4) is 11.3 Å². The number of piperidine rings is 1. The predicted molar refractivity (Wildman–Crippen MR) is 163 cm³/mol. The number of sulfone groups is 1. The summed E-state index contributed by atoms with van der Waals surface area (Å²) in [6, 6.07) is 12.0. The van der Waals surface area contributed by atoms with E-state index in [1.165, 1.54) is 0 Å². The molecular weight excluding hydrogens is 611 g/mol. The summed E-state index contributed by atoms with van der Waals surface area (Å²) in [5, 5.41) is 4.89. The van der Waals surface area contributed by atoms with Gasteiger partial charge in [0.15, 0.2) is 15.6 Å². The van der Waals surface area contributed by atoms with E-state index in [2.05, 4.69) is 5.16 Å². The smallest absolute Gasteiger partial charge is 0.233 e. The Kier molecular flexibility index (Phi) is 7.64. The average molecular weight is 644 g/mol. The maximum atomic E-state index is 13.5. The van der Waals surface area contributed by atoms with Gasteiger partial charge in [-0.25, -0.2) is 8.42 Å². The summed E-state index contributed by atoms with van der Waals surface area (Å²) in [5.74, 6) is -0.0603. The normalized spacial score (nSPS) is 23.9. The predicted octanol–water partition coefficient (Wildman–Crippen LogP) is 6.78. The highest BCUT2D eigenvalue weighted by Gasteiger charge is 2.52. The molecule has 1 aromatic heterocycles. The molecule has 2 aromatic carbocycles. The standard InChI is InChI=1S/C32H32Cl2N2O6S/c33-25-6-3-7-26(34)29(25)30-24(31(42-35-30)19-8-9-19)16-41-28-15-21-14-23(28)32(38)36(21)20-12-10-18(11-13-20)27(37)17-43(39,40)22-4-1-2-5-22/h3,6-7,10-13,19,21-23,28H,1-2,4-5,8-9,14-17H2/t21-,23+,28+/m0/s1. The Morgan fingerprint density at radius 1 is 1.00 bits per heavy atom. The highest BCUT2D eigenvalue weighted by Crippen LogP contribution is 2.47. The van der Waals surface area contributed by atoms with Gasteiger partial charge in [0.1, 0.15) is 17.2 Å². The van der Waals surface area contributed by atoms with Crippen LogP contribution in [0, 0.1) is 5.92 Å². The number of halogens is 2. The fourth-order valence-electron chi connectivity index (χ4n) is 7.00. The van der Waals surface area contributed by atoms with Crippen LogP contribution in [-0.4, -0.2) is 48.4 Å². The van der Waals surface area contributed by atoms with E-state index in [0.717, 1.165) is 37.0 Å². The first-order valence-electron chi connectivity index (χ1n) is 14.9. The number of carbonyl (C=O) groups is 2. The van der Waals surface area contributed by atoms with Crippen molar-refractivity contribution in [2.24, 2.45) is 5.92 Å². The zero-order valence-corrected chi connectivity index (χ0v) is 25.8. The fourth-order valence-corrected chi connectivity index (χ4v) is 9.40. The van der Waals surface area contributed by atoms with Crippen molar-refractivity contribution in [2.45, 2.75) is 81.3 Å². The van der Waals surface area contributed by atoms with E-state index >= 15 is 0 Å². The Labute approximate surface area is 260 Å². The number of carbonyl (C=O) groups excluding carboxylic acids is 2.